The molecular formula is C14H18N4S. The molecular weight excluding hydrogens is 256 g/mol. The molecule has 2 aromatic heterocycles. The zero-order valence-corrected chi connectivity index (χ0v) is 12.0. The van der Waals surface area contributed by atoms with Gasteiger partial charge in [-0.25, -0.2) is 9.97 Å². The number of nitrogens with zero attached hydrogens (tertiary/aromatic N) is 4. The van der Waals surface area contributed by atoms with Gasteiger partial charge in [0.2, 0.25) is 0 Å². The smallest absolute Gasteiger partial charge is 0.0954 e. The summed E-state index contributed by atoms with van der Waals surface area (Å²) in [6, 6.07) is 0.756. The predicted molar refractivity (Wildman–Crippen MR) is 75.2 cm³/mol. The SMILES string of the molecule is Cc1ncc(CN2CCc3c(ncn3C3CC3)C2)s1. The molecule has 0 atom stereocenters. The average molecular weight is 274 g/mol. The number of thiazole rings is 1. The summed E-state index contributed by atoms with van der Waals surface area (Å²) in [7, 11) is 0. The highest BCUT2D eigenvalue weighted by Gasteiger charge is 2.29. The molecule has 0 radical (unpaired) electrons. The Balaban J connectivity index is 1.49. The summed E-state index contributed by atoms with van der Waals surface area (Å²) in [4.78, 5) is 12.8. The Morgan fingerprint density at radius 3 is 3.00 bits per heavy atom. The zero-order valence-electron chi connectivity index (χ0n) is 11.2. The fraction of sp³-hybridized carbons (Fsp3) is 0.571. The molecule has 19 heavy (non-hydrogen) atoms. The molecule has 0 N–H and O–H groups in total. The molecule has 0 unspecified atom stereocenters. The van der Waals surface area contributed by atoms with Crippen LogP contribution in [0, 0.1) is 6.92 Å². The molecule has 0 amide bonds. The van der Waals surface area contributed by atoms with Crippen molar-refractivity contribution in [2.24, 2.45) is 0 Å². The molecule has 1 aliphatic heterocycles. The second kappa shape index (κ2) is 4.42. The van der Waals surface area contributed by atoms with Gasteiger partial charge in [-0.05, 0) is 19.8 Å². The van der Waals surface area contributed by atoms with Gasteiger partial charge < -0.3 is 4.57 Å². The van der Waals surface area contributed by atoms with Crippen molar-refractivity contribution in [3.63, 3.8) is 0 Å². The van der Waals surface area contributed by atoms with Crippen molar-refractivity contribution >= 4 is 11.3 Å². The van der Waals surface area contributed by atoms with Crippen molar-refractivity contribution in [3.8, 4) is 0 Å². The average Bonchev–Trinajstić information content (AvgIpc) is 3.04. The second-order valence-corrected chi connectivity index (χ2v) is 6.90. The maximum atomic E-state index is 4.62. The van der Waals surface area contributed by atoms with Crippen LogP contribution in [-0.4, -0.2) is 26.0 Å². The fourth-order valence-electron chi connectivity index (χ4n) is 2.89. The van der Waals surface area contributed by atoms with Crippen LogP contribution in [0.25, 0.3) is 0 Å². The molecule has 1 aliphatic carbocycles. The highest BCUT2D eigenvalue weighted by molar-refractivity contribution is 7.11. The molecule has 2 aliphatic rings. The summed E-state index contributed by atoms with van der Waals surface area (Å²) in [5.41, 5.74) is 2.78. The third kappa shape index (κ3) is 2.21. The van der Waals surface area contributed by atoms with Gasteiger partial charge in [0.25, 0.3) is 0 Å². The van der Waals surface area contributed by atoms with Gasteiger partial charge in [0.05, 0.1) is 17.0 Å². The van der Waals surface area contributed by atoms with Crippen LogP contribution >= 0.6 is 11.3 Å². The molecule has 1 fully saturated rings. The molecule has 0 aromatic carbocycles. The van der Waals surface area contributed by atoms with Gasteiger partial charge in [-0.2, -0.15) is 0 Å². The Bertz CT molecular complexity index is 596. The maximum Gasteiger partial charge on any atom is 0.0954 e. The van der Waals surface area contributed by atoms with Crippen LogP contribution in [0.5, 0.6) is 0 Å². The first-order valence-electron chi connectivity index (χ1n) is 6.98. The van der Waals surface area contributed by atoms with Crippen molar-refractivity contribution in [3.05, 3.63) is 33.8 Å². The molecule has 2 aromatic rings. The standard InChI is InChI=1S/C14H18N4S/c1-10-15-6-12(19-10)7-17-5-4-14-13(8-17)16-9-18(14)11-2-3-11/h6,9,11H,2-5,7-8H2,1H3. The van der Waals surface area contributed by atoms with Crippen LogP contribution in [0.15, 0.2) is 12.5 Å². The van der Waals surface area contributed by atoms with Crippen molar-refractivity contribution < 1.29 is 0 Å². The molecule has 4 rings (SSSR count). The Hall–Kier alpha value is -1.20. The third-order valence-electron chi connectivity index (χ3n) is 4.01. The van der Waals surface area contributed by atoms with E-state index in [1.807, 2.05) is 6.20 Å². The molecule has 1 saturated carbocycles. The van der Waals surface area contributed by atoms with E-state index < -0.39 is 0 Å². The first kappa shape index (κ1) is 11.6. The highest BCUT2D eigenvalue weighted by Crippen LogP contribution is 2.37. The number of fused-ring (bicyclic) bond motifs is 1. The van der Waals surface area contributed by atoms with Crippen LogP contribution < -0.4 is 0 Å². The van der Waals surface area contributed by atoms with Crippen LogP contribution in [-0.2, 0) is 19.5 Å². The van der Waals surface area contributed by atoms with E-state index >= 15 is 0 Å². The van der Waals surface area contributed by atoms with E-state index in [1.54, 1.807) is 11.3 Å². The van der Waals surface area contributed by atoms with E-state index in [2.05, 4.69) is 32.7 Å². The number of imidazole rings is 1. The quantitative estimate of drug-likeness (QED) is 0.862. The van der Waals surface area contributed by atoms with Crippen LogP contribution in [0.2, 0.25) is 0 Å². The van der Waals surface area contributed by atoms with E-state index in [1.165, 1.54) is 29.1 Å². The summed E-state index contributed by atoms with van der Waals surface area (Å²) in [6.07, 6.45) is 7.89. The van der Waals surface area contributed by atoms with E-state index in [0.29, 0.717) is 0 Å². The lowest BCUT2D eigenvalue weighted by molar-refractivity contribution is 0.241. The van der Waals surface area contributed by atoms with Gasteiger partial charge in [0, 0.05) is 48.9 Å². The summed E-state index contributed by atoms with van der Waals surface area (Å²) in [5.74, 6) is 0. The lowest BCUT2D eigenvalue weighted by Gasteiger charge is -2.26. The Kier molecular flexibility index (Phi) is 2.70. The van der Waals surface area contributed by atoms with Crippen LogP contribution in [0.1, 0.15) is 40.2 Å². The van der Waals surface area contributed by atoms with Crippen molar-refractivity contribution in [1.82, 2.24) is 19.4 Å². The lowest BCUT2D eigenvalue weighted by atomic mass is 10.1. The molecule has 0 spiro atoms. The summed E-state index contributed by atoms with van der Waals surface area (Å²) in [6.45, 7) is 5.22. The molecule has 4 nitrogen and oxygen atoms in total. The number of hydrogen-bond acceptors (Lipinski definition) is 4. The summed E-state index contributed by atoms with van der Waals surface area (Å²) in [5, 5.41) is 1.16. The number of aryl methyl sites for hydroxylation is 1. The Morgan fingerprint density at radius 1 is 1.37 bits per heavy atom. The minimum absolute atomic E-state index is 0.756. The summed E-state index contributed by atoms with van der Waals surface area (Å²) < 4.78 is 2.42. The van der Waals surface area contributed by atoms with Gasteiger partial charge in [0.15, 0.2) is 0 Å². The number of rotatable bonds is 3. The fourth-order valence-corrected chi connectivity index (χ4v) is 3.72. The second-order valence-electron chi connectivity index (χ2n) is 5.58. The maximum absolute atomic E-state index is 4.62. The zero-order chi connectivity index (χ0) is 12.8. The molecule has 3 heterocycles. The van der Waals surface area contributed by atoms with Crippen LogP contribution in [0.3, 0.4) is 0 Å². The normalized spacial score (nSPS) is 19.6. The minimum Gasteiger partial charge on any atom is -0.331 e. The third-order valence-corrected chi connectivity index (χ3v) is 4.91. The summed E-state index contributed by atoms with van der Waals surface area (Å²) >= 11 is 1.80. The topological polar surface area (TPSA) is 34.0 Å². The minimum atomic E-state index is 0.756. The number of hydrogen-bond donors (Lipinski definition) is 0. The Labute approximate surface area is 117 Å². The van der Waals surface area contributed by atoms with E-state index in [4.69, 9.17) is 0 Å². The van der Waals surface area contributed by atoms with Crippen LogP contribution in [0.4, 0.5) is 0 Å². The number of aromatic nitrogens is 3. The first-order chi connectivity index (χ1) is 9.29. The molecule has 0 bridgehead atoms. The predicted octanol–water partition coefficient (Wildman–Crippen LogP) is 2.54. The van der Waals surface area contributed by atoms with Gasteiger partial charge in [-0.15, -0.1) is 11.3 Å². The highest BCUT2D eigenvalue weighted by atomic mass is 32.1. The van der Waals surface area contributed by atoms with Crippen molar-refractivity contribution in [1.29, 1.82) is 0 Å². The molecule has 5 heteroatoms. The van der Waals surface area contributed by atoms with Gasteiger partial charge in [-0.1, -0.05) is 0 Å². The lowest BCUT2D eigenvalue weighted by Crippen LogP contribution is -2.30. The largest absolute Gasteiger partial charge is 0.331 e. The van der Waals surface area contributed by atoms with E-state index in [0.717, 1.165) is 37.1 Å². The first-order valence-corrected chi connectivity index (χ1v) is 7.79. The Morgan fingerprint density at radius 2 is 2.26 bits per heavy atom. The molecule has 100 valence electrons. The van der Waals surface area contributed by atoms with E-state index in [9.17, 15) is 0 Å². The molecule has 0 saturated heterocycles. The van der Waals surface area contributed by atoms with Gasteiger partial charge in [0.1, 0.15) is 0 Å². The van der Waals surface area contributed by atoms with Crippen molar-refractivity contribution in [2.45, 2.75) is 45.3 Å². The van der Waals surface area contributed by atoms with Crippen molar-refractivity contribution in [2.75, 3.05) is 6.54 Å². The monoisotopic (exact) mass is 274 g/mol. The van der Waals surface area contributed by atoms with Gasteiger partial charge >= 0.3 is 0 Å². The van der Waals surface area contributed by atoms with E-state index in [-0.39, 0.29) is 0 Å². The van der Waals surface area contributed by atoms with Gasteiger partial charge in [-0.3, -0.25) is 4.90 Å².